The zero-order valence-electron chi connectivity index (χ0n) is 12.1. The Hall–Kier alpha value is -2.35. The van der Waals surface area contributed by atoms with E-state index >= 15 is 0 Å². The van der Waals surface area contributed by atoms with Crippen molar-refractivity contribution in [3.8, 4) is 0 Å². The van der Waals surface area contributed by atoms with Crippen LogP contribution in [0, 0.1) is 0 Å². The number of hydrogen-bond acceptors (Lipinski definition) is 3. The van der Waals surface area contributed by atoms with Crippen molar-refractivity contribution in [2.45, 2.75) is 6.18 Å². The van der Waals surface area contributed by atoms with Crippen LogP contribution in [0.3, 0.4) is 0 Å². The highest BCUT2D eigenvalue weighted by Crippen LogP contribution is 2.34. The van der Waals surface area contributed by atoms with Gasteiger partial charge >= 0.3 is 12.1 Å². The van der Waals surface area contributed by atoms with Crippen LogP contribution in [0.1, 0.15) is 15.9 Å². The molecule has 0 spiro atoms. The summed E-state index contributed by atoms with van der Waals surface area (Å²) in [7, 11) is 0. The zero-order chi connectivity index (χ0) is 17.7. The molecule has 1 amide bonds. The van der Waals surface area contributed by atoms with Gasteiger partial charge in [-0.2, -0.15) is 13.2 Å². The normalized spacial score (nSPS) is 11.0. The van der Waals surface area contributed by atoms with Crippen LogP contribution in [0.15, 0.2) is 53.0 Å². The number of amides is 1. The van der Waals surface area contributed by atoms with Crippen molar-refractivity contribution < 1.29 is 27.5 Å². The molecule has 126 valence electrons. The third-order valence-electron chi connectivity index (χ3n) is 2.93. The van der Waals surface area contributed by atoms with Crippen LogP contribution in [-0.2, 0) is 15.7 Å². The maximum Gasteiger partial charge on any atom is 0.418 e. The molecule has 0 aliphatic rings. The predicted molar refractivity (Wildman–Crippen MR) is 84.5 cm³/mol. The van der Waals surface area contributed by atoms with Crippen LogP contribution in [0.5, 0.6) is 0 Å². The van der Waals surface area contributed by atoms with E-state index in [2.05, 4.69) is 21.2 Å². The van der Waals surface area contributed by atoms with Crippen molar-refractivity contribution in [2.24, 2.45) is 0 Å². The van der Waals surface area contributed by atoms with Gasteiger partial charge in [-0.3, -0.25) is 4.79 Å². The number of halogens is 4. The number of esters is 1. The van der Waals surface area contributed by atoms with Crippen molar-refractivity contribution in [3.05, 3.63) is 64.1 Å². The third-order valence-corrected chi connectivity index (χ3v) is 3.63. The maximum absolute atomic E-state index is 12.8. The van der Waals surface area contributed by atoms with Crippen molar-refractivity contribution in [1.82, 2.24) is 0 Å². The minimum Gasteiger partial charge on any atom is -0.452 e. The largest absolute Gasteiger partial charge is 0.452 e. The van der Waals surface area contributed by atoms with Crippen LogP contribution in [0.2, 0.25) is 0 Å². The van der Waals surface area contributed by atoms with Gasteiger partial charge in [-0.15, -0.1) is 0 Å². The Bertz CT molecular complexity index is 762. The number of alkyl halides is 3. The Labute approximate surface area is 143 Å². The number of carbonyl (C=O) groups is 2. The molecule has 8 heteroatoms. The molecule has 0 aromatic heterocycles. The van der Waals surface area contributed by atoms with Gasteiger partial charge in [0.2, 0.25) is 0 Å². The molecule has 0 heterocycles. The fourth-order valence-electron chi connectivity index (χ4n) is 1.86. The van der Waals surface area contributed by atoms with Crippen molar-refractivity contribution in [2.75, 3.05) is 11.9 Å². The smallest absolute Gasteiger partial charge is 0.418 e. The summed E-state index contributed by atoms with van der Waals surface area (Å²) in [6.45, 7) is -0.702. The summed E-state index contributed by atoms with van der Waals surface area (Å²) in [4.78, 5) is 23.6. The van der Waals surface area contributed by atoms with Gasteiger partial charge in [-0.05, 0) is 40.2 Å². The van der Waals surface area contributed by atoms with E-state index in [0.717, 1.165) is 12.1 Å². The van der Waals surface area contributed by atoms with Gasteiger partial charge < -0.3 is 10.1 Å². The Balaban J connectivity index is 2.00. The molecule has 4 nitrogen and oxygen atoms in total. The lowest BCUT2D eigenvalue weighted by Gasteiger charge is -2.13. The number of nitrogens with one attached hydrogen (secondary N) is 1. The lowest BCUT2D eigenvalue weighted by atomic mass is 10.1. The molecule has 0 atom stereocenters. The zero-order valence-corrected chi connectivity index (χ0v) is 13.6. The molecule has 0 unspecified atom stereocenters. The van der Waals surface area contributed by atoms with Crippen LogP contribution in [0.4, 0.5) is 18.9 Å². The van der Waals surface area contributed by atoms with E-state index in [9.17, 15) is 22.8 Å². The Morgan fingerprint density at radius 1 is 1.04 bits per heavy atom. The minimum absolute atomic E-state index is 0.209. The summed E-state index contributed by atoms with van der Waals surface area (Å²) >= 11 is 3.16. The summed E-state index contributed by atoms with van der Waals surface area (Å²) in [6.07, 6.45) is -4.60. The first-order valence-electron chi connectivity index (χ1n) is 6.67. The summed E-state index contributed by atoms with van der Waals surface area (Å²) in [5, 5.41) is 2.09. The van der Waals surface area contributed by atoms with Gasteiger partial charge in [0.15, 0.2) is 6.61 Å². The van der Waals surface area contributed by atoms with E-state index in [4.69, 9.17) is 4.74 Å². The average molecular weight is 402 g/mol. The predicted octanol–water partition coefficient (Wildman–Crippen LogP) is 4.26. The van der Waals surface area contributed by atoms with E-state index < -0.39 is 35.9 Å². The number of anilines is 1. The fourth-order valence-corrected chi connectivity index (χ4v) is 2.31. The molecule has 0 saturated carbocycles. The summed E-state index contributed by atoms with van der Waals surface area (Å²) in [5.74, 6) is -1.63. The summed E-state index contributed by atoms with van der Waals surface area (Å²) < 4.78 is 43.8. The van der Waals surface area contributed by atoms with Crippen molar-refractivity contribution in [1.29, 1.82) is 0 Å². The Morgan fingerprint density at radius 2 is 1.67 bits per heavy atom. The second kappa shape index (κ2) is 7.48. The SMILES string of the molecule is O=C(COC(=O)c1ccccc1Br)Nc1ccccc1C(F)(F)F. The molecule has 2 rings (SSSR count). The van der Waals surface area contributed by atoms with E-state index in [1.807, 2.05) is 0 Å². The van der Waals surface area contributed by atoms with Gasteiger partial charge in [0.05, 0.1) is 16.8 Å². The second-order valence-corrected chi connectivity index (χ2v) is 5.50. The van der Waals surface area contributed by atoms with E-state index in [1.165, 1.54) is 18.2 Å². The molecular formula is C16H11BrF3NO3. The number of ether oxygens (including phenoxy) is 1. The van der Waals surface area contributed by atoms with Crippen LogP contribution in [-0.4, -0.2) is 18.5 Å². The van der Waals surface area contributed by atoms with E-state index in [-0.39, 0.29) is 5.56 Å². The van der Waals surface area contributed by atoms with Crippen LogP contribution >= 0.6 is 15.9 Å². The molecule has 0 fully saturated rings. The molecule has 0 saturated heterocycles. The third kappa shape index (κ3) is 4.58. The number of benzene rings is 2. The fraction of sp³-hybridized carbons (Fsp3) is 0.125. The lowest BCUT2D eigenvalue weighted by molar-refractivity contribution is -0.137. The van der Waals surface area contributed by atoms with E-state index in [1.54, 1.807) is 18.2 Å². The number of carbonyl (C=O) groups excluding carboxylic acids is 2. The van der Waals surface area contributed by atoms with Gasteiger partial charge in [-0.25, -0.2) is 4.79 Å². The summed E-state index contributed by atoms with van der Waals surface area (Å²) in [5.41, 5.74) is -1.16. The Kier molecular flexibility index (Phi) is 5.61. The molecule has 0 aliphatic heterocycles. The summed E-state index contributed by atoms with van der Waals surface area (Å²) in [6, 6.07) is 11.0. The number of para-hydroxylation sites is 1. The second-order valence-electron chi connectivity index (χ2n) is 4.65. The average Bonchev–Trinajstić information content (AvgIpc) is 2.52. The van der Waals surface area contributed by atoms with Gasteiger partial charge in [0, 0.05) is 4.47 Å². The molecule has 0 aliphatic carbocycles. The minimum atomic E-state index is -4.60. The molecule has 0 bridgehead atoms. The van der Waals surface area contributed by atoms with Crippen LogP contribution in [0.25, 0.3) is 0 Å². The highest BCUT2D eigenvalue weighted by Gasteiger charge is 2.33. The van der Waals surface area contributed by atoms with Crippen LogP contribution < -0.4 is 5.32 Å². The first-order chi connectivity index (χ1) is 11.3. The standard InChI is InChI=1S/C16H11BrF3NO3/c17-12-7-3-1-5-10(12)15(23)24-9-14(22)21-13-8-4-2-6-11(13)16(18,19)20/h1-8H,9H2,(H,21,22). The first kappa shape index (κ1) is 18.0. The molecule has 2 aromatic carbocycles. The molecule has 2 aromatic rings. The van der Waals surface area contributed by atoms with Gasteiger partial charge in [0.25, 0.3) is 5.91 Å². The highest BCUT2D eigenvalue weighted by molar-refractivity contribution is 9.10. The quantitative estimate of drug-likeness (QED) is 0.778. The molecule has 24 heavy (non-hydrogen) atoms. The number of hydrogen-bond donors (Lipinski definition) is 1. The van der Waals surface area contributed by atoms with Crippen molar-refractivity contribution >= 4 is 33.5 Å². The monoisotopic (exact) mass is 401 g/mol. The topological polar surface area (TPSA) is 55.4 Å². The molecule has 1 N–H and O–H groups in total. The Morgan fingerprint density at radius 3 is 2.33 bits per heavy atom. The van der Waals surface area contributed by atoms with E-state index in [0.29, 0.717) is 4.47 Å². The van der Waals surface area contributed by atoms with Gasteiger partial charge in [0.1, 0.15) is 0 Å². The number of rotatable bonds is 4. The highest BCUT2D eigenvalue weighted by atomic mass is 79.9. The van der Waals surface area contributed by atoms with Crippen molar-refractivity contribution in [3.63, 3.8) is 0 Å². The molecule has 0 radical (unpaired) electrons. The molecular weight excluding hydrogens is 391 g/mol. The maximum atomic E-state index is 12.8. The first-order valence-corrected chi connectivity index (χ1v) is 7.46. The lowest BCUT2D eigenvalue weighted by Crippen LogP contribution is -2.22. The van der Waals surface area contributed by atoms with Gasteiger partial charge in [-0.1, -0.05) is 24.3 Å².